The van der Waals surface area contributed by atoms with Crippen LogP contribution in [0.4, 0.5) is 0 Å². The van der Waals surface area contributed by atoms with E-state index >= 15 is 0 Å². The van der Waals surface area contributed by atoms with Gasteiger partial charge in [-0.05, 0) is 61.4 Å². The number of unbranched alkanes of at least 4 members (excludes halogenated alkanes) is 1. The van der Waals surface area contributed by atoms with Crippen LogP contribution in [0, 0.1) is 11.8 Å². The van der Waals surface area contributed by atoms with Gasteiger partial charge in [-0.2, -0.15) is 0 Å². The Labute approximate surface area is 543 Å². The Hall–Kier alpha value is -8.52. The topological polar surface area (TPSA) is 266 Å². The van der Waals surface area contributed by atoms with E-state index in [1.165, 1.54) is 25.7 Å². The SMILES string of the molecule is C=CC(=O)OCC(COc1ccccc1)OC(=O)C1CC=CCC1C(=O)O.C=CC(=O)OCC(O)COc1ccccc1.C=CC(=O)OCC(O)COc1ccccc1.C=CC(=O)OCC(O)COc1ccccc1.CC.CC.CC.CCC.CCC.CCCC. The number of carbonyl (C=O) groups is 6. The van der Waals surface area contributed by atoms with Crippen LogP contribution >= 0.6 is 0 Å². The summed E-state index contributed by atoms with van der Waals surface area (Å²) in [6.07, 6.45) is 9.94. The molecule has 510 valence electrons. The van der Waals surface area contributed by atoms with Gasteiger partial charge < -0.3 is 63.1 Å². The third-order valence-electron chi connectivity index (χ3n) is 9.90. The maximum Gasteiger partial charge on any atom is 0.330 e. The molecule has 0 saturated heterocycles. The van der Waals surface area contributed by atoms with Crippen molar-refractivity contribution in [1.82, 2.24) is 0 Å². The van der Waals surface area contributed by atoms with Gasteiger partial charge in [-0.15, -0.1) is 0 Å². The summed E-state index contributed by atoms with van der Waals surface area (Å²) in [5.41, 5.74) is 0. The van der Waals surface area contributed by atoms with E-state index < -0.39 is 72.1 Å². The van der Waals surface area contributed by atoms with Crippen molar-refractivity contribution >= 4 is 35.8 Å². The van der Waals surface area contributed by atoms with E-state index in [1.807, 2.05) is 102 Å². The van der Waals surface area contributed by atoms with E-state index in [4.69, 9.17) is 28.4 Å². The van der Waals surface area contributed by atoms with Crippen LogP contribution < -0.4 is 18.9 Å². The van der Waals surface area contributed by atoms with Gasteiger partial charge in [0, 0.05) is 24.3 Å². The van der Waals surface area contributed by atoms with Crippen molar-refractivity contribution in [3.63, 3.8) is 0 Å². The molecule has 19 heteroatoms. The van der Waals surface area contributed by atoms with Crippen LogP contribution in [0.1, 0.15) is 122 Å². The fourth-order valence-electron chi connectivity index (χ4n) is 5.64. The highest BCUT2D eigenvalue weighted by molar-refractivity contribution is 5.83. The number of carboxylic acid groups (broad SMARTS) is 1. The number of aliphatic carboxylic acids is 1. The minimum atomic E-state index is -1.04. The fraction of sp³-hybridized carbons (Fsp3) is 0.444. The van der Waals surface area contributed by atoms with Gasteiger partial charge in [0.1, 0.15) is 94.2 Å². The van der Waals surface area contributed by atoms with Crippen LogP contribution in [0.3, 0.4) is 0 Å². The third kappa shape index (κ3) is 56.5. The van der Waals surface area contributed by atoms with Gasteiger partial charge in [0.05, 0.1) is 11.8 Å². The fourth-order valence-corrected chi connectivity index (χ4v) is 5.64. The van der Waals surface area contributed by atoms with Crippen molar-refractivity contribution in [2.45, 2.75) is 146 Å². The van der Waals surface area contributed by atoms with Crippen LogP contribution in [0.5, 0.6) is 23.0 Å². The molecule has 0 aromatic heterocycles. The average Bonchev–Trinajstić information content (AvgIpc) is 1.35. The Balaban J connectivity index is -0.000000341. The van der Waals surface area contributed by atoms with Crippen molar-refractivity contribution in [1.29, 1.82) is 0 Å². The van der Waals surface area contributed by atoms with Crippen LogP contribution in [-0.4, -0.2) is 134 Å². The molecule has 19 nitrogen and oxygen atoms in total. The van der Waals surface area contributed by atoms with E-state index in [1.54, 1.807) is 72.8 Å². The zero-order valence-corrected chi connectivity index (χ0v) is 56.1. The maximum absolute atomic E-state index is 12.5. The molecule has 0 heterocycles. The van der Waals surface area contributed by atoms with E-state index in [9.17, 15) is 49.2 Å². The summed E-state index contributed by atoms with van der Waals surface area (Å²) in [5, 5.41) is 37.6. The number of para-hydroxylation sites is 4. The molecule has 0 fully saturated rings. The Kier molecular flexibility index (Phi) is 67.6. The second-order valence-electron chi connectivity index (χ2n) is 17.8. The number of aliphatic hydroxyl groups is 3. The van der Waals surface area contributed by atoms with Crippen molar-refractivity contribution < 1.29 is 91.8 Å². The van der Waals surface area contributed by atoms with Gasteiger partial charge >= 0.3 is 35.8 Å². The Morgan fingerprint density at radius 2 is 0.648 bits per heavy atom. The number of hydrogen-bond donors (Lipinski definition) is 4. The van der Waals surface area contributed by atoms with Gasteiger partial charge in [-0.3, -0.25) is 9.59 Å². The van der Waals surface area contributed by atoms with Gasteiger partial charge in [-0.1, -0.05) is 220 Å². The summed E-state index contributed by atoms with van der Waals surface area (Å²) in [7, 11) is 0. The minimum absolute atomic E-state index is 0.0412. The predicted molar refractivity (Wildman–Crippen MR) is 360 cm³/mol. The lowest BCUT2D eigenvalue weighted by atomic mass is 9.83. The Morgan fingerprint density at radius 3 is 0.890 bits per heavy atom. The Morgan fingerprint density at radius 1 is 0.407 bits per heavy atom. The number of carboxylic acids is 1. The van der Waals surface area contributed by atoms with Gasteiger partial charge in [0.15, 0.2) is 6.10 Å². The van der Waals surface area contributed by atoms with E-state index in [2.05, 4.69) is 82.1 Å². The minimum Gasteiger partial charge on any atom is -0.491 e. The molecule has 4 N–H and O–H groups in total. The van der Waals surface area contributed by atoms with Crippen molar-refractivity contribution in [3.05, 3.63) is 184 Å². The van der Waals surface area contributed by atoms with Gasteiger partial charge in [0.25, 0.3) is 0 Å². The highest BCUT2D eigenvalue weighted by atomic mass is 16.6. The smallest absolute Gasteiger partial charge is 0.330 e. The first-order valence-corrected chi connectivity index (χ1v) is 30.9. The predicted octanol–water partition coefficient (Wildman–Crippen LogP) is 13.6. The molecule has 5 rings (SSSR count). The van der Waals surface area contributed by atoms with Crippen LogP contribution in [0.15, 0.2) is 184 Å². The molecule has 4 aromatic rings. The first-order chi connectivity index (χ1) is 43.9. The summed E-state index contributed by atoms with van der Waals surface area (Å²) in [4.78, 5) is 67.3. The highest BCUT2D eigenvalue weighted by Gasteiger charge is 2.36. The largest absolute Gasteiger partial charge is 0.491 e. The zero-order chi connectivity index (χ0) is 69.9. The van der Waals surface area contributed by atoms with E-state index in [0.717, 1.165) is 24.3 Å². The molecule has 6 atom stereocenters. The molecule has 0 radical (unpaired) electrons. The molecule has 1 aliphatic carbocycles. The lowest BCUT2D eigenvalue weighted by molar-refractivity contribution is -0.167. The summed E-state index contributed by atoms with van der Waals surface area (Å²) in [6, 6.07) is 36.2. The molecule has 1 aliphatic rings. The number of aliphatic hydroxyl groups excluding tert-OH is 3. The molecule has 0 bridgehead atoms. The van der Waals surface area contributed by atoms with E-state index in [-0.39, 0.29) is 65.7 Å². The summed E-state index contributed by atoms with van der Waals surface area (Å²) in [6.45, 7) is 37.6. The second kappa shape index (κ2) is 67.4. The highest BCUT2D eigenvalue weighted by Crippen LogP contribution is 2.28. The number of esters is 5. The monoisotopic (exact) mass is 1280 g/mol. The quantitative estimate of drug-likeness (QED) is 0.0178. The summed E-state index contributed by atoms with van der Waals surface area (Å²) >= 11 is 0. The number of hydrogen-bond acceptors (Lipinski definition) is 18. The van der Waals surface area contributed by atoms with Crippen molar-refractivity contribution in [2.24, 2.45) is 11.8 Å². The number of carbonyl (C=O) groups excluding carboxylic acids is 5. The molecule has 4 aromatic carbocycles. The third-order valence-corrected chi connectivity index (χ3v) is 9.90. The van der Waals surface area contributed by atoms with Gasteiger partial charge in [-0.25, -0.2) is 19.2 Å². The summed E-state index contributed by atoms with van der Waals surface area (Å²) < 4.78 is 45.7. The normalized spacial score (nSPS) is 12.8. The average molecular weight is 1280 g/mol. The van der Waals surface area contributed by atoms with E-state index in [0.29, 0.717) is 23.0 Å². The molecule has 0 spiro atoms. The standard InChI is InChI=1S/C20H22O7.3C12H14O4.C4H10.2C3H8.3C2H6/c1-2-18(21)26-13-15(12-25-14-8-4-3-5-9-14)27-20(24)17-11-7-6-10-16(17)19(22)23;3*1-2-12(14)16-9-10(13)8-15-11-6-4-3-5-7-11;1-3-4-2;2*1-3-2;3*1-2/h2-9,15-17H,1,10-13H2,(H,22,23);3*2-7,10,13H,1,8-9H2;3-4H2,1-2H3;2*3H2,1-2H3;3*1-2H3. The van der Waals surface area contributed by atoms with Crippen molar-refractivity contribution in [3.8, 4) is 23.0 Å². The molecular weight excluding hydrogens is 1170 g/mol. The molecule has 0 saturated carbocycles. The molecular formula is C72H108O19. The number of ether oxygens (including phenoxy) is 9. The molecule has 0 aliphatic heterocycles. The van der Waals surface area contributed by atoms with Crippen LogP contribution in [-0.2, 0) is 52.5 Å². The number of allylic oxidation sites excluding steroid dienone is 2. The second-order valence-corrected chi connectivity index (χ2v) is 17.8. The molecule has 91 heavy (non-hydrogen) atoms. The Bertz CT molecular complexity index is 2250. The molecule has 0 amide bonds. The van der Waals surface area contributed by atoms with Crippen LogP contribution in [0.2, 0.25) is 0 Å². The first kappa shape index (κ1) is 91.2. The maximum atomic E-state index is 12.5. The lowest BCUT2D eigenvalue weighted by Gasteiger charge is -2.26. The number of rotatable bonds is 28. The lowest BCUT2D eigenvalue weighted by Crippen LogP contribution is -2.37. The molecule has 6 unspecified atom stereocenters. The summed E-state index contributed by atoms with van der Waals surface area (Å²) in [5.74, 6) is -3.09. The van der Waals surface area contributed by atoms with Gasteiger partial charge in [0.2, 0.25) is 0 Å². The van der Waals surface area contributed by atoms with Crippen molar-refractivity contribution in [2.75, 3.05) is 52.9 Å². The van der Waals surface area contributed by atoms with Crippen LogP contribution in [0.25, 0.3) is 0 Å². The number of benzene rings is 4. The zero-order valence-electron chi connectivity index (χ0n) is 56.1. The first-order valence-electron chi connectivity index (χ1n) is 30.9.